The molecule has 1 aromatic rings. The summed E-state index contributed by atoms with van der Waals surface area (Å²) in [5.74, 6) is 0.661. The fraction of sp³-hybridized carbons (Fsp3) is 0.680. The molecule has 1 saturated carbocycles. The molecule has 0 bridgehead atoms. The van der Waals surface area contributed by atoms with Gasteiger partial charge in [0.2, 0.25) is 11.8 Å². The Morgan fingerprint density at radius 2 is 1.83 bits per heavy atom. The average Bonchev–Trinajstić information content (AvgIpc) is 2.75. The van der Waals surface area contributed by atoms with Crippen LogP contribution in [0, 0.1) is 25.7 Å². The fourth-order valence-electron chi connectivity index (χ4n) is 4.33. The van der Waals surface area contributed by atoms with Crippen molar-refractivity contribution >= 4 is 23.4 Å². The number of nitrogens with one attached hydrogen (secondary N) is 2. The van der Waals surface area contributed by atoms with Crippen molar-refractivity contribution in [1.82, 2.24) is 10.6 Å². The number of halogens is 1. The number of carbonyl (C=O) groups is 2. The van der Waals surface area contributed by atoms with E-state index in [-0.39, 0.29) is 29.7 Å². The Morgan fingerprint density at radius 1 is 1.10 bits per heavy atom. The Hall–Kier alpha value is -1.55. The van der Waals surface area contributed by atoms with E-state index < -0.39 is 0 Å². The van der Waals surface area contributed by atoms with E-state index in [2.05, 4.69) is 49.6 Å². The summed E-state index contributed by atoms with van der Waals surface area (Å²) in [5, 5.41) is 6.25. The van der Waals surface area contributed by atoms with Crippen molar-refractivity contribution in [2.24, 2.45) is 11.8 Å². The van der Waals surface area contributed by atoms with Gasteiger partial charge in [0.1, 0.15) is 5.88 Å². The highest BCUT2D eigenvalue weighted by molar-refractivity contribution is 6.27. The average molecular weight is 435 g/mol. The summed E-state index contributed by atoms with van der Waals surface area (Å²) >= 11 is 5.54. The van der Waals surface area contributed by atoms with E-state index >= 15 is 0 Å². The van der Waals surface area contributed by atoms with E-state index in [0.717, 1.165) is 44.9 Å². The number of hydrogen-bond donors (Lipinski definition) is 2. The minimum absolute atomic E-state index is 0.0116. The summed E-state index contributed by atoms with van der Waals surface area (Å²) in [4.78, 5) is 24.3. The molecule has 0 radical (unpaired) electrons. The summed E-state index contributed by atoms with van der Waals surface area (Å²) in [6.45, 7) is 7.17. The number of alkyl halides is 1. The van der Waals surface area contributed by atoms with Crippen LogP contribution >= 0.6 is 11.6 Å². The van der Waals surface area contributed by atoms with Crippen LogP contribution < -0.4 is 10.6 Å². The zero-order valence-corrected chi connectivity index (χ0v) is 19.7. The third kappa shape index (κ3) is 8.29. The number of amides is 2. The lowest BCUT2D eigenvalue weighted by Gasteiger charge is -2.29. The zero-order chi connectivity index (χ0) is 21.9. The Kier molecular flexibility index (Phi) is 10.7. The molecule has 1 aromatic carbocycles. The quantitative estimate of drug-likeness (QED) is 0.377. The van der Waals surface area contributed by atoms with Crippen LogP contribution in [-0.2, 0) is 16.0 Å². The fourth-order valence-corrected chi connectivity index (χ4v) is 4.43. The maximum absolute atomic E-state index is 13.0. The van der Waals surface area contributed by atoms with Gasteiger partial charge in [0, 0.05) is 18.5 Å². The van der Waals surface area contributed by atoms with Gasteiger partial charge >= 0.3 is 0 Å². The molecular formula is C25H39ClN2O2. The van der Waals surface area contributed by atoms with Gasteiger partial charge in [0.05, 0.1) is 0 Å². The Bertz CT molecular complexity index is 684. The molecule has 0 spiro atoms. The Labute approximate surface area is 187 Å². The first-order valence-corrected chi connectivity index (χ1v) is 12.2. The van der Waals surface area contributed by atoms with Crippen molar-refractivity contribution in [3.63, 3.8) is 0 Å². The predicted octanol–water partition coefficient (Wildman–Crippen LogP) is 5.07. The van der Waals surface area contributed by atoms with Crippen LogP contribution in [0.3, 0.4) is 0 Å². The summed E-state index contributed by atoms with van der Waals surface area (Å²) in [6.07, 6.45) is 9.25. The highest BCUT2D eigenvalue weighted by Crippen LogP contribution is 2.29. The molecule has 1 atom stereocenters. The SMILES string of the molecule is CCCCCC(Cc1ccc(C)c(C)c1)NC(=O)C1CCC(CNC(=O)CCl)CC1. The van der Waals surface area contributed by atoms with E-state index in [0.29, 0.717) is 12.5 Å². The summed E-state index contributed by atoms with van der Waals surface area (Å²) in [7, 11) is 0. The first kappa shape index (κ1) is 24.7. The number of unbranched alkanes of at least 4 members (excludes halogenated alkanes) is 2. The van der Waals surface area contributed by atoms with E-state index in [1.54, 1.807) is 0 Å². The van der Waals surface area contributed by atoms with Crippen molar-refractivity contribution in [3.8, 4) is 0 Å². The lowest BCUT2D eigenvalue weighted by Crippen LogP contribution is -2.42. The lowest BCUT2D eigenvalue weighted by molar-refractivity contribution is -0.127. The topological polar surface area (TPSA) is 58.2 Å². The smallest absolute Gasteiger partial charge is 0.234 e. The van der Waals surface area contributed by atoms with Crippen molar-refractivity contribution in [2.75, 3.05) is 12.4 Å². The van der Waals surface area contributed by atoms with Crippen LogP contribution in [0.4, 0.5) is 0 Å². The van der Waals surface area contributed by atoms with Gasteiger partial charge in [0.25, 0.3) is 0 Å². The van der Waals surface area contributed by atoms with Gasteiger partial charge in [-0.1, -0.05) is 44.4 Å². The van der Waals surface area contributed by atoms with E-state index in [1.165, 1.54) is 29.5 Å². The molecule has 4 nitrogen and oxygen atoms in total. The summed E-state index contributed by atoms with van der Waals surface area (Å²) in [5.41, 5.74) is 3.92. The van der Waals surface area contributed by atoms with Gasteiger partial charge in [-0.25, -0.2) is 0 Å². The highest BCUT2D eigenvalue weighted by atomic mass is 35.5. The molecule has 168 valence electrons. The standard InChI is InChI=1S/C25H39ClN2O2/c1-4-5-6-7-23(15-21-9-8-18(2)19(3)14-21)28-25(30)22-12-10-20(11-13-22)17-27-24(29)16-26/h8-9,14,20,22-23H,4-7,10-13,15-17H2,1-3H3,(H,27,29)(H,28,30). The Morgan fingerprint density at radius 3 is 2.47 bits per heavy atom. The largest absolute Gasteiger partial charge is 0.355 e. The second-order valence-electron chi connectivity index (χ2n) is 8.98. The number of hydrogen-bond acceptors (Lipinski definition) is 2. The number of carbonyl (C=O) groups excluding carboxylic acids is 2. The number of rotatable bonds is 11. The molecule has 5 heteroatoms. The van der Waals surface area contributed by atoms with Crippen LogP contribution in [0.25, 0.3) is 0 Å². The number of benzene rings is 1. The maximum atomic E-state index is 13.0. The van der Waals surface area contributed by atoms with Crippen LogP contribution in [0.2, 0.25) is 0 Å². The van der Waals surface area contributed by atoms with Gasteiger partial charge < -0.3 is 10.6 Å². The molecule has 1 fully saturated rings. The van der Waals surface area contributed by atoms with Gasteiger partial charge in [0.15, 0.2) is 0 Å². The minimum atomic E-state index is -0.113. The third-order valence-electron chi connectivity index (χ3n) is 6.48. The molecule has 1 aliphatic carbocycles. The normalized spacial score (nSPS) is 19.9. The summed E-state index contributed by atoms with van der Waals surface area (Å²) in [6, 6.07) is 6.84. The predicted molar refractivity (Wildman–Crippen MR) is 125 cm³/mol. The van der Waals surface area contributed by atoms with Gasteiger partial charge in [-0.2, -0.15) is 0 Å². The van der Waals surface area contributed by atoms with Gasteiger partial charge in [-0.15, -0.1) is 11.6 Å². The molecule has 30 heavy (non-hydrogen) atoms. The monoisotopic (exact) mass is 434 g/mol. The molecule has 2 rings (SSSR count). The van der Waals surface area contributed by atoms with Gasteiger partial charge in [-0.05, 0) is 75.0 Å². The van der Waals surface area contributed by atoms with Crippen molar-refractivity contribution in [1.29, 1.82) is 0 Å². The van der Waals surface area contributed by atoms with E-state index in [1.807, 2.05) is 0 Å². The molecule has 0 heterocycles. The lowest BCUT2D eigenvalue weighted by atomic mass is 9.81. The second-order valence-corrected chi connectivity index (χ2v) is 9.25. The van der Waals surface area contributed by atoms with Crippen molar-refractivity contribution in [3.05, 3.63) is 34.9 Å². The molecule has 1 unspecified atom stereocenters. The Balaban J connectivity index is 1.87. The van der Waals surface area contributed by atoms with Crippen LogP contribution in [0.1, 0.15) is 75.0 Å². The van der Waals surface area contributed by atoms with Crippen LogP contribution in [0.5, 0.6) is 0 Å². The first-order chi connectivity index (χ1) is 14.4. The molecular weight excluding hydrogens is 396 g/mol. The molecule has 0 aliphatic heterocycles. The molecule has 0 saturated heterocycles. The van der Waals surface area contributed by atoms with Crippen molar-refractivity contribution in [2.45, 2.75) is 84.6 Å². The van der Waals surface area contributed by atoms with E-state index in [9.17, 15) is 9.59 Å². The number of aryl methyl sites for hydroxylation is 2. The van der Waals surface area contributed by atoms with Gasteiger partial charge in [-0.3, -0.25) is 9.59 Å². The minimum Gasteiger partial charge on any atom is -0.355 e. The van der Waals surface area contributed by atoms with Crippen LogP contribution in [-0.4, -0.2) is 30.3 Å². The first-order valence-electron chi connectivity index (χ1n) is 11.6. The third-order valence-corrected chi connectivity index (χ3v) is 6.73. The molecule has 2 N–H and O–H groups in total. The van der Waals surface area contributed by atoms with E-state index in [4.69, 9.17) is 11.6 Å². The second kappa shape index (κ2) is 13.0. The highest BCUT2D eigenvalue weighted by Gasteiger charge is 2.27. The summed E-state index contributed by atoms with van der Waals surface area (Å²) < 4.78 is 0. The molecule has 2 amide bonds. The maximum Gasteiger partial charge on any atom is 0.234 e. The zero-order valence-electron chi connectivity index (χ0n) is 18.9. The molecule has 0 aromatic heterocycles. The van der Waals surface area contributed by atoms with Crippen molar-refractivity contribution < 1.29 is 9.59 Å². The van der Waals surface area contributed by atoms with Crippen LogP contribution in [0.15, 0.2) is 18.2 Å². The molecule has 1 aliphatic rings.